The van der Waals surface area contributed by atoms with Gasteiger partial charge in [-0.05, 0) is 40.2 Å². The number of hydrogen-bond donors (Lipinski definition) is 1. The molecular weight excluding hydrogens is 334 g/mol. The van der Waals surface area contributed by atoms with Crippen LogP contribution in [0.5, 0.6) is 0 Å². The fourth-order valence-electron chi connectivity index (χ4n) is 1.99. The smallest absolute Gasteiger partial charge is 0.356 e. The summed E-state index contributed by atoms with van der Waals surface area (Å²) < 4.78 is 2.40. The summed E-state index contributed by atoms with van der Waals surface area (Å²) in [5.41, 5.74) is 2.02. The number of carboxylic acid groups (broad SMARTS) is 1. The Bertz CT molecular complexity index is 800. The molecule has 0 aliphatic rings. The van der Waals surface area contributed by atoms with Crippen molar-refractivity contribution in [2.75, 3.05) is 0 Å². The maximum absolute atomic E-state index is 11.2. The summed E-state index contributed by atoms with van der Waals surface area (Å²) in [6.45, 7) is 0. The van der Waals surface area contributed by atoms with Crippen LogP contribution in [0.15, 0.2) is 59.2 Å². The number of nitrogens with zero attached hydrogens (tertiary/aromatic N) is 3. The standard InChI is InChI=1S/C15H10BrN3O2/c16-10-5-1-2-7-13(10)19-14(9-12(18-19)15(20)21)11-6-3-4-8-17-11/h1-9H,(H,20,21). The molecule has 104 valence electrons. The fraction of sp³-hybridized carbons (Fsp3) is 0. The summed E-state index contributed by atoms with van der Waals surface area (Å²) >= 11 is 3.46. The Balaban J connectivity index is 2.24. The summed E-state index contributed by atoms with van der Waals surface area (Å²) in [4.78, 5) is 15.5. The molecule has 0 saturated heterocycles. The van der Waals surface area contributed by atoms with E-state index in [0.717, 1.165) is 10.2 Å². The highest BCUT2D eigenvalue weighted by Crippen LogP contribution is 2.26. The number of aromatic carboxylic acids is 1. The van der Waals surface area contributed by atoms with Gasteiger partial charge in [-0.25, -0.2) is 9.48 Å². The number of carbonyl (C=O) groups is 1. The van der Waals surface area contributed by atoms with Gasteiger partial charge in [0.1, 0.15) is 0 Å². The fourth-order valence-corrected chi connectivity index (χ4v) is 2.44. The van der Waals surface area contributed by atoms with E-state index in [2.05, 4.69) is 26.0 Å². The molecule has 1 N–H and O–H groups in total. The second-order valence-corrected chi connectivity index (χ2v) is 5.15. The molecule has 5 nitrogen and oxygen atoms in total. The van der Waals surface area contributed by atoms with E-state index in [0.29, 0.717) is 11.4 Å². The monoisotopic (exact) mass is 343 g/mol. The van der Waals surface area contributed by atoms with Crippen molar-refractivity contribution < 1.29 is 9.90 Å². The second-order valence-electron chi connectivity index (χ2n) is 4.30. The van der Waals surface area contributed by atoms with Crippen LogP contribution in [0.25, 0.3) is 17.1 Å². The van der Waals surface area contributed by atoms with E-state index in [1.807, 2.05) is 36.4 Å². The first-order valence-electron chi connectivity index (χ1n) is 6.16. The lowest BCUT2D eigenvalue weighted by molar-refractivity contribution is 0.0690. The first kappa shape index (κ1) is 13.5. The Morgan fingerprint density at radius 3 is 2.57 bits per heavy atom. The molecule has 0 unspecified atom stereocenters. The lowest BCUT2D eigenvalue weighted by atomic mass is 10.2. The third-order valence-corrected chi connectivity index (χ3v) is 3.61. The molecule has 0 radical (unpaired) electrons. The number of pyridine rings is 1. The van der Waals surface area contributed by atoms with Gasteiger partial charge in [0, 0.05) is 16.7 Å². The Labute approximate surface area is 129 Å². The second kappa shape index (κ2) is 5.49. The number of aromatic nitrogens is 3. The molecule has 0 amide bonds. The quantitative estimate of drug-likeness (QED) is 0.791. The maximum atomic E-state index is 11.2. The average Bonchev–Trinajstić information content (AvgIpc) is 2.94. The van der Waals surface area contributed by atoms with Crippen molar-refractivity contribution in [3.05, 3.63) is 64.9 Å². The van der Waals surface area contributed by atoms with Gasteiger partial charge in [-0.1, -0.05) is 18.2 Å². The molecule has 0 aliphatic carbocycles. The van der Waals surface area contributed by atoms with Gasteiger partial charge in [0.15, 0.2) is 5.69 Å². The molecule has 0 atom stereocenters. The third-order valence-electron chi connectivity index (χ3n) is 2.94. The molecule has 0 saturated carbocycles. The van der Waals surface area contributed by atoms with Crippen LogP contribution in [0, 0.1) is 0 Å². The van der Waals surface area contributed by atoms with E-state index < -0.39 is 5.97 Å². The molecule has 0 fully saturated rings. The molecule has 2 aromatic heterocycles. The van der Waals surface area contributed by atoms with Crippen LogP contribution in [0.2, 0.25) is 0 Å². The molecule has 3 rings (SSSR count). The minimum atomic E-state index is -1.07. The van der Waals surface area contributed by atoms with E-state index >= 15 is 0 Å². The van der Waals surface area contributed by atoms with Crippen molar-refractivity contribution in [1.82, 2.24) is 14.8 Å². The summed E-state index contributed by atoms with van der Waals surface area (Å²) in [5.74, 6) is -1.07. The van der Waals surface area contributed by atoms with Gasteiger partial charge >= 0.3 is 5.97 Å². The predicted molar refractivity (Wildman–Crippen MR) is 81.5 cm³/mol. The van der Waals surface area contributed by atoms with Gasteiger partial charge in [0.2, 0.25) is 0 Å². The maximum Gasteiger partial charge on any atom is 0.356 e. The van der Waals surface area contributed by atoms with Crippen molar-refractivity contribution in [2.45, 2.75) is 0 Å². The Hall–Kier alpha value is -2.47. The minimum absolute atomic E-state index is 0.0218. The molecule has 1 aromatic carbocycles. The lowest BCUT2D eigenvalue weighted by Gasteiger charge is -2.08. The van der Waals surface area contributed by atoms with Gasteiger partial charge in [-0.3, -0.25) is 4.98 Å². The highest BCUT2D eigenvalue weighted by atomic mass is 79.9. The first-order valence-corrected chi connectivity index (χ1v) is 6.96. The van der Waals surface area contributed by atoms with Gasteiger partial charge in [0.25, 0.3) is 0 Å². The molecule has 0 bridgehead atoms. The zero-order valence-corrected chi connectivity index (χ0v) is 12.4. The Morgan fingerprint density at radius 2 is 1.90 bits per heavy atom. The molecule has 0 spiro atoms. The zero-order chi connectivity index (χ0) is 14.8. The highest BCUT2D eigenvalue weighted by Gasteiger charge is 2.17. The van der Waals surface area contributed by atoms with E-state index in [4.69, 9.17) is 0 Å². The van der Waals surface area contributed by atoms with Gasteiger partial charge in [-0.2, -0.15) is 5.10 Å². The predicted octanol–water partition coefficient (Wildman–Crippen LogP) is 3.40. The minimum Gasteiger partial charge on any atom is -0.476 e. The number of para-hydroxylation sites is 1. The number of hydrogen-bond acceptors (Lipinski definition) is 3. The molecule has 21 heavy (non-hydrogen) atoms. The average molecular weight is 344 g/mol. The normalized spacial score (nSPS) is 10.5. The van der Waals surface area contributed by atoms with E-state index in [-0.39, 0.29) is 5.69 Å². The first-order chi connectivity index (χ1) is 10.2. The summed E-state index contributed by atoms with van der Waals surface area (Å²) in [5, 5.41) is 13.3. The lowest BCUT2D eigenvalue weighted by Crippen LogP contribution is -2.03. The van der Waals surface area contributed by atoms with Crippen LogP contribution in [0.4, 0.5) is 0 Å². The van der Waals surface area contributed by atoms with Crippen molar-refractivity contribution in [2.24, 2.45) is 0 Å². The topological polar surface area (TPSA) is 68.0 Å². The van der Waals surface area contributed by atoms with E-state index in [1.165, 1.54) is 6.07 Å². The molecule has 2 heterocycles. The van der Waals surface area contributed by atoms with Crippen molar-refractivity contribution in [1.29, 1.82) is 0 Å². The van der Waals surface area contributed by atoms with Crippen LogP contribution < -0.4 is 0 Å². The van der Waals surface area contributed by atoms with Crippen LogP contribution >= 0.6 is 15.9 Å². The number of halogens is 1. The molecule has 3 aromatic rings. The van der Waals surface area contributed by atoms with Crippen LogP contribution in [-0.4, -0.2) is 25.8 Å². The Kier molecular flexibility index (Phi) is 3.53. The van der Waals surface area contributed by atoms with Crippen LogP contribution in [-0.2, 0) is 0 Å². The van der Waals surface area contributed by atoms with Crippen molar-refractivity contribution >= 4 is 21.9 Å². The van der Waals surface area contributed by atoms with Gasteiger partial charge in [-0.15, -0.1) is 0 Å². The molecular formula is C15H10BrN3O2. The summed E-state index contributed by atoms with van der Waals surface area (Å²) in [7, 11) is 0. The molecule has 0 aliphatic heterocycles. The van der Waals surface area contributed by atoms with Crippen LogP contribution in [0.1, 0.15) is 10.5 Å². The van der Waals surface area contributed by atoms with E-state index in [9.17, 15) is 9.90 Å². The largest absolute Gasteiger partial charge is 0.476 e. The molecule has 6 heteroatoms. The number of carboxylic acids is 1. The van der Waals surface area contributed by atoms with Crippen molar-refractivity contribution in [3.8, 4) is 17.1 Å². The summed E-state index contributed by atoms with van der Waals surface area (Å²) in [6.07, 6.45) is 1.66. The highest BCUT2D eigenvalue weighted by molar-refractivity contribution is 9.10. The van der Waals surface area contributed by atoms with E-state index in [1.54, 1.807) is 16.9 Å². The SMILES string of the molecule is O=C(O)c1cc(-c2ccccn2)n(-c2ccccc2Br)n1. The number of rotatable bonds is 3. The van der Waals surface area contributed by atoms with Crippen LogP contribution in [0.3, 0.4) is 0 Å². The van der Waals surface area contributed by atoms with Crippen molar-refractivity contribution in [3.63, 3.8) is 0 Å². The summed E-state index contributed by atoms with van der Waals surface area (Å²) in [6, 6.07) is 14.5. The number of benzene rings is 1. The third kappa shape index (κ3) is 2.57. The van der Waals surface area contributed by atoms with Gasteiger partial charge < -0.3 is 5.11 Å². The zero-order valence-electron chi connectivity index (χ0n) is 10.8. The Morgan fingerprint density at radius 1 is 1.14 bits per heavy atom. The van der Waals surface area contributed by atoms with Gasteiger partial charge in [0.05, 0.1) is 17.1 Å².